The van der Waals surface area contributed by atoms with Crippen LogP contribution in [0.4, 0.5) is 0 Å². The standard InChI is InChI=1S/C6H6O.C4H9.2BrH.Ti/c7-6-4-2-1-3-5-6;1-4(2)3;;;/h1-5,7H;1-3H3;2*1H;/q;;;;+3/p-3. The van der Waals surface area contributed by atoms with Crippen LogP contribution < -0.4 is 3.32 Å². The maximum atomic E-state index is 5.99. The zero-order valence-electron chi connectivity index (χ0n) is 8.55. The van der Waals surface area contributed by atoms with Crippen LogP contribution in [0, 0.1) is 0 Å². The molecule has 14 heavy (non-hydrogen) atoms. The SMILES string of the molecule is C[C](C)(C)[Ti]([Br])([Br])[O]c1ccccc1. The molecule has 1 rings (SSSR count). The van der Waals surface area contributed by atoms with Crippen molar-refractivity contribution >= 4 is 26.3 Å². The zero-order valence-corrected chi connectivity index (χ0v) is 13.3. The van der Waals surface area contributed by atoms with Gasteiger partial charge < -0.3 is 0 Å². The molecule has 0 heterocycles. The van der Waals surface area contributed by atoms with Gasteiger partial charge in [0.05, 0.1) is 0 Å². The average Bonchev–Trinajstić information content (AvgIpc) is 2.03. The van der Waals surface area contributed by atoms with Crippen molar-refractivity contribution in [1.82, 2.24) is 0 Å². The van der Waals surface area contributed by atoms with Crippen LogP contribution in [0.3, 0.4) is 0 Å². The number of benzene rings is 1. The summed E-state index contributed by atoms with van der Waals surface area (Å²) in [7, 11) is 0. The average molecular weight is 358 g/mol. The van der Waals surface area contributed by atoms with Crippen molar-refractivity contribution in [3.63, 3.8) is 0 Å². The van der Waals surface area contributed by atoms with Gasteiger partial charge in [-0.05, 0) is 0 Å². The Morgan fingerprint density at radius 1 is 1.07 bits per heavy atom. The van der Waals surface area contributed by atoms with Crippen molar-refractivity contribution in [2.45, 2.75) is 24.5 Å². The first kappa shape index (κ1) is 12.8. The van der Waals surface area contributed by atoms with E-state index in [0.29, 0.717) is 0 Å². The van der Waals surface area contributed by atoms with Crippen LogP contribution in [0.25, 0.3) is 0 Å². The molecule has 0 aliphatic rings. The number of hydrogen-bond acceptors (Lipinski definition) is 1. The fourth-order valence-electron chi connectivity index (χ4n) is 0.790. The molecule has 0 saturated heterocycles. The normalized spacial score (nSPS) is 12.6. The summed E-state index contributed by atoms with van der Waals surface area (Å²) in [5.41, 5.74) is 0. The minimum atomic E-state index is -2.54. The van der Waals surface area contributed by atoms with Crippen molar-refractivity contribution < 1.29 is 16.1 Å². The molecule has 0 unspecified atom stereocenters. The summed E-state index contributed by atoms with van der Waals surface area (Å²) in [6, 6.07) is 9.91. The Bertz CT molecular complexity index is 293. The molecule has 1 aromatic carbocycles. The van der Waals surface area contributed by atoms with Crippen molar-refractivity contribution in [2.75, 3.05) is 0 Å². The molecular weight excluding hydrogens is 344 g/mol. The Kier molecular flexibility index (Phi) is 4.27. The third kappa shape index (κ3) is 3.37. The van der Waals surface area contributed by atoms with E-state index in [1.54, 1.807) is 0 Å². The van der Waals surface area contributed by atoms with Gasteiger partial charge in [0, 0.05) is 0 Å². The Morgan fingerprint density at radius 3 is 2.00 bits per heavy atom. The van der Waals surface area contributed by atoms with E-state index in [2.05, 4.69) is 47.1 Å². The second-order valence-electron chi connectivity index (χ2n) is 4.18. The van der Waals surface area contributed by atoms with Crippen molar-refractivity contribution in [1.29, 1.82) is 0 Å². The summed E-state index contributed by atoms with van der Waals surface area (Å²) in [5, 5.41) is 0. The van der Waals surface area contributed by atoms with Gasteiger partial charge in [0.1, 0.15) is 0 Å². The van der Waals surface area contributed by atoms with E-state index < -0.39 is 12.8 Å². The van der Waals surface area contributed by atoms with Crippen molar-refractivity contribution in [3.05, 3.63) is 30.3 Å². The van der Waals surface area contributed by atoms with Crippen LogP contribution in [0.5, 0.6) is 5.75 Å². The van der Waals surface area contributed by atoms with E-state index in [4.69, 9.17) is 3.32 Å². The third-order valence-electron chi connectivity index (χ3n) is 1.86. The molecule has 0 atom stereocenters. The number of halogens is 2. The topological polar surface area (TPSA) is 9.23 Å². The quantitative estimate of drug-likeness (QED) is 0.679. The number of hydrogen-bond donors (Lipinski definition) is 0. The summed E-state index contributed by atoms with van der Waals surface area (Å²) in [4.78, 5) is 0. The van der Waals surface area contributed by atoms with Gasteiger partial charge in [-0.2, -0.15) is 0 Å². The van der Waals surface area contributed by atoms with Crippen LogP contribution in [-0.2, 0) is 12.8 Å². The van der Waals surface area contributed by atoms with Gasteiger partial charge in [-0.1, -0.05) is 0 Å². The van der Waals surface area contributed by atoms with E-state index in [9.17, 15) is 0 Å². The second kappa shape index (κ2) is 4.69. The minimum absolute atomic E-state index is 0.149. The monoisotopic (exact) mass is 356 g/mol. The molecule has 0 aliphatic heterocycles. The van der Waals surface area contributed by atoms with E-state index in [0.717, 1.165) is 5.75 Å². The van der Waals surface area contributed by atoms with E-state index in [1.165, 1.54) is 0 Å². The summed E-state index contributed by atoms with van der Waals surface area (Å²) in [6.45, 7) is 6.54. The second-order valence-corrected chi connectivity index (χ2v) is 22.1. The first-order chi connectivity index (χ1) is 6.33. The maximum absolute atomic E-state index is 5.99. The molecule has 0 radical (unpaired) electrons. The molecule has 0 saturated carbocycles. The van der Waals surface area contributed by atoms with Gasteiger partial charge in [-0.25, -0.2) is 0 Å². The van der Waals surface area contributed by atoms with E-state index in [1.807, 2.05) is 30.3 Å². The number of para-hydroxylation sites is 1. The van der Waals surface area contributed by atoms with Gasteiger partial charge in [-0.15, -0.1) is 0 Å². The Morgan fingerprint density at radius 2 is 1.57 bits per heavy atom. The molecule has 0 fully saturated rings. The van der Waals surface area contributed by atoms with Crippen molar-refractivity contribution in [2.24, 2.45) is 0 Å². The summed E-state index contributed by atoms with van der Waals surface area (Å²) in [5.74, 6) is 0.927. The Labute approximate surface area is 102 Å². The molecule has 0 amide bonds. The predicted molar refractivity (Wildman–Crippen MR) is 64.6 cm³/mol. The Hall–Kier alpha value is 0.694. The molecule has 0 aromatic heterocycles. The molecule has 0 aliphatic carbocycles. The van der Waals surface area contributed by atoms with E-state index in [-0.39, 0.29) is 3.72 Å². The first-order valence-electron chi connectivity index (χ1n) is 4.45. The molecule has 1 nitrogen and oxygen atoms in total. The zero-order chi connectivity index (χ0) is 10.8. The summed E-state index contributed by atoms with van der Waals surface area (Å²) < 4.78 is 6.14. The van der Waals surface area contributed by atoms with E-state index >= 15 is 0 Å². The predicted octanol–water partition coefficient (Wildman–Crippen LogP) is 4.97. The summed E-state index contributed by atoms with van der Waals surface area (Å²) in [6.07, 6.45) is 0. The molecule has 78 valence electrons. The Balaban J connectivity index is 2.79. The van der Waals surface area contributed by atoms with Crippen LogP contribution in [0.15, 0.2) is 30.3 Å². The van der Waals surface area contributed by atoms with Crippen LogP contribution >= 0.6 is 26.3 Å². The molecule has 0 bridgehead atoms. The van der Waals surface area contributed by atoms with Crippen molar-refractivity contribution in [3.8, 4) is 5.75 Å². The van der Waals surface area contributed by atoms with Crippen LogP contribution in [0.2, 0.25) is 3.72 Å². The third-order valence-corrected chi connectivity index (χ3v) is 16.5. The molecule has 1 aromatic rings. The molecular formula is C10H14Br2OTi. The molecule has 0 N–H and O–H groups in total. The van der Waals surface area contributed by atoms with Gasteiger partial charge in [0.15, 0.2) is 0 Å². The van der Waals surface area contributed by atoms with Gasteiger partial charge in [-0.3, -0.25) is 0 Å². The fourth-order valence-corrected chi connectivity index (χ4v) is 3.48. The van der Waals surface area contributed by atoms with Gasteiger partial charge >= 0.3 is 103 Å². The fraction of sp³-hybridized carbons (Fsp3) is 0.400. The van der Waals surface area contributed by atoms with Gasteiger partial charge in [0.2, 0.25) is 0 Å². The first-order valence-corrected chi connectivity index (χ1v) is 13.6. The van der Waals surface area contributed by atoms with Crippen LogP contribution in [-0.4, -0.2) is 0 Å². The number of rotatable bonds is 2. The summed E-state index contributed by atoms with van der Waals surface area (Å²) >= 11 is 4.90. The van der Waals surface area contributed by atoms with Crippen LogP contribution in [0.1, 0.15) is 20.8 Å². The van der Waals surface area contributed by atoms with Gasteiger partial charge in [0.25, 0.3) is 0 Å². The molecule has 4 heteroatoms. The molecule has 0 spiro atoms.